The molecule has 0 spiro atoms. The van der Waals surface area contributed by atoms with Crippen LogP contribution < -0.4 is 15.5 Å². The molecular weight excluding hydrogens is 340 g/mol. The van der Waals surface area contributed by atoms with Gasteiger partial charge in [0.15, 0.2) is 5.69 Å². The van der Waals surface area contributed by atoms with Gasteiger partial charge in [0.05, 0.1) is 11.7 Å². The normalized spacial score (nSPS) is 21.4. The number of piperazine rings is 1. The van der Waals surface area contributed by atoms with Gasteiger partial charge in [0.1, 0.15) is 11.9 Å². The van der Waals surface area contributed by atoms with E-state index in [1.807, 2.05) is 25.1 Å². The lowest BCUT2D eigenvalue weighted by Crippen LogP contribution is -2.52. The summed E-state index contributed by atoms with van der Waals surface area (Å²) in [5.41, 5.74) is 3.07. The predicted molar refractivity (Wildman–Crippen MR) is 103 cm³/mol. The highest BCUT2D eigenvalue weighted by atomic mass is 15.4. The van der Waals surface area contributed by atoms with E-state index in [9.17, 15) is 5.26 Å². The van der Waals surface area contributed by atoms with Gasteiger partial charge in [-0.15, -0.1) is 0 Å². The van der Waals surface area contributed by atoms with Gasteiger partial charge in [0, 0.05) is 41.8 Å². The van der Waals surface area contributed by atoms with Crippen molar-refractivity contribution in [3.8, 4) is 6.07 Å². The number of hydrogen-bond acceptors (Lipinski definition) is 7. The fourth-order valence-electron chi connectivity index (χ4n) is 4.11. The molecule has 2 fully saturated rings. The van der Waals surface area contributed by atoms with E-state index in [0.717, 1.165) is 48.1 Å². The molecule has 4 heterocycles. The largest absolute Gasteiger partial charge is 0.340 e. The number of nitrogens with zero attached hydrogens (tertiary/aromatic N) is 5. The Kier molecular flexibility index (Phi) is 3.69. The van der Waals surface area contributed by atoms with Crippen molar-refractivity contribution in [2.45, 2.75) is 31.8 Å². The van der Waals surface area contributed by atoms with Gasteiger partial charge in [-0.25, -0.2) is 4.98 Å². The zero-order valence-corrected chi connectivity index (χ0v) is 15.0. The fraction of sp³-hybridized carbons (Fsp3) is 0.368. The molecule has 2 atom stereocenters. The van der Waals surface area contributed by atoms with Gasteiger partial charge < -0.3 is 15.5 Å². The van der Waals surface area contributed by atoms with Crippen LogP contribution in [-0.2, 0) is 0 Å². The topological polar surface area (TPSA) is 106 Å². The molecule has 0 saturated carbocycles. The van der Waals surface area contributed by atoms with Crippen LogP contribution in [0.25, 0.3) is 10.9 Å². The zero-order valence-electron chi connectivity index (χ0n) is 15.0. The second kappa shape index (κ2) is 6.21. The highest BCUT2D eigenvalue weighted by molar-refractivity contribution is 5.83. The van der Waals surface area contributed by atoms with Crippen LogP contribution in [0, 0.1) is 18.3 Å². The molecule has 5 rings (SSSR count). The first-order chi connectivity index (χ1) is 13.2. The van der Waals surface area contributed by atoms with E-state index in [-0.39, 0.29) is 0 Å². The van der Waals surface area contributed by atoms with Crippen molar-refractivity contribution in [3.05, 3.63) is 35.7 Å². The van der Waals surface area contributed by atoms with Crippen molar-refractivity contribution in [1.82, 2.24) is 25.5 Å². The van der Waals surface area contributed by atoms with E-state index in [1.54, 1.807) is 6.20 Å². The molecule has 8 nitrogen and oxygen atoms in total. The quantitative estimate of drug-likeness (QED) is 0.657. The summed E-state index contributed by atoms with van der Waals surface area (Å²) in [7, 11) is 0. The van der Waals surface area contributed by atoms with E-state index in [4.69, 9.17) is 4.98 Å². The number of rotatable bonds is 3. The molecule has 8 heteroatoms. The lowest BCUT2D eigenvalue weighted by atomic mass is 10.2. The number of H-pyrrole nitrogens is 1. The molecule has 2 bridgehead atoms. The van der Waals surface area contributed by atoms with Crippen molar-refractivity contribution in [2.24, 2.45) is 0 Å². The minimum Gasteiger partial charge on any atom is -0.340 e. The molecule has 136 valence electrons. The van der Waals surface area contributed by atoms with E-state index < -0.39 is 0 Å². The fourth-order valence-corrected chi connectivity index (χ4v) is 4.11. The van der Waals surface area contributed by atoms with Gasteiger partial charge in [-0.05, 0) is 38.0 Å². The number of aromatic amines is 1. The molecule has 2 aliphatic rings. The van der Waals surface area contributed by atoms with E-state index in [2.05, 4.69) is 36.8 Å². The summed E-state index contributed by atoms with van der Waals surface area (Å²) >= 11 is 0. The van der Waals surface area contributed by atoms with E-state index >= 15 is 0 Å². The molecule has 3 aromatic rings. The van der Waals surface area contributed by atoms with Gasteiger partial charge in [0.2, 0.25) is 5.95 Å². The Labute approximate surface area is 156 Å². The first kappa shape index (κ1) is 16.0. The highest BCUT2D eigenvalue weighted by Crippen LogP contribution is 2.32. The summed E-state index contributed by atoms with van der Waals surface area (Å²) in [4.78, 5) is 11.7. The number of anilines is 3. The number of hydrogen-bond donors (Lipinski definition) is 3. The van der Waals surface area contributed by atoms with Gasteiger partial charge in [-0.1, -0.05) is 0 Å². The third-order valence-electron chi connectivity index (χ3n) is 5.55. The average molecular weight is 360 g/mol. The van der Waals surface area contributed by atoms with Gasteiger partial charge >= 0.3 is 0 Å². The second-order valence-corrected chi connectivity index (χ2v) is 7.21. The third kappa shape index (κ3) is 2.67. The SMILES string of the molecule is Cc1c(C#N)nc(N2C3CCC2CNC3)nc1Nc1ccc2[nH]ncc2c1. The molecule has 27 heavy (non-hydrogen) atoms. The first-order valence-electron chi connectivity index (χ1n) is 9.21. The summed E-state index contributed by atoms with van der Waals surface area (Å²) in [6.45, 7) is 3.76. The Morgan fingerprint density at radius 1 is 1.22 bits per heavy atom. The Morgan fingerprint density at radius 3 is 2.81 bits per heavy atom. The summed E-state index contributed by atoms with van der Waals surface area (Å²) in [5.74, 6) is 1.33. The first-order valence-corrected chi connectivity index (χ1v) is 9.21. The van der Waals surface area contributed by atoms with Crippen LogP contribution in [0.1, 0.15) is 24.1 Å². The molecule has 2 aliphatic heterocycles. The van der Waals surface area contributed by atoms with Crippen molar-refractivity contribution >= 4 is 28.4 Å². The van der Waals surface area contributed by atoms with Crippen LogP contribution in [-0.4, -0.2) is 45.3 Å². The molecule has 3 N–H and O–H groups in total. The highest BCUT2D eigenvalue weighted by Gasteiger charge is 2.38. The van der Waals surface area contributed by atoms with Crippen LogP contribution >= 0.6 is 0 Å². The Morgan fingerprint density at radius 2 is 2.04 bits per heavy atom. The van der Waals surface area contributed by atoms with Crippen LogP contribution in [0.4, 0.5) is 17.5 Å². The summed E-state index contributed by atoms with van der Waals surface area (Å²) in [6, 6.07) is 8.99. The lowest BCUT2D eigenvalue weighted by molar-refractivity contribution is 0.477. The standard InChI is InChI=1S/C19H20N8/c1-11-17(7-20)24-19(27-14-3-4-15(27)10-21-9-14)25-18(11)23-13-2-5-16-12(6-13)8-22-26-16/h2,5-6,8,14-15,21H,3-4,9-10H2,1H3,(H,22,26)(H,23,24,25). The summed E-state index contributed by atoms with van der Waals surface area (Å²) in [5, 5.41) is 24.5. The molecule has 1 aromatic carbocycles. The Bertz CT molecular complexity index is 1030. The molecule has 2 saturated heterocycles. The Balaban J connectivity index is 1.54. The lowest BCUT2D eigenvalue weighted by Gasteiger charge is -2.35. The molecular formula is C19H20N8. The van der Waals surface area contributed by atoms with Crippen LogP contribution in [0.2, 0.25) is 0 Å². The maximum absolute atomic E-state index is 9.58. The number of nitriles is 1. The number of nitrogens with one attached hydrogen (secondary N) is 3. The molecule has 2 unspecified atom stereocenters. The molecule has 2 aromatic heterocycles. The van der Waals surface area contributed by atoms with Gasteiger partial charge in [-0.3, -0.25) is 5.10 Å². The maximum atomic E-state index is 9.58. The van der Waals surface area contributed by atoms with Crippen molar-refractivity contribution < 1.29 is 0 Å². The smallest absolute Gasteiger partial charge is 0.229 e. The second-order valence-electron chi connectivity index (χ2n) is 7.21. The Hall–Kier alpha value is -3.18. The molecule has 0 radical (unpaired) electrons. The number of benzene rings is 1. The summed E-state index contributed by atoms with van der Waals surface area (Å²) < 4.78 is 0. The van der Waals surface area contributed by atoms with Crippen LogP contribution in [0.15, 0.2) is 24.4 Å². The van der Waals surface area contributed by atoms with Gasteiger partial charge in [0.25, 0.3) is 0 Å². The van der Waals surface area contributed by atoms with Crippen molar-refractivity contribution in [2.75, 3.05) is 23.3 Å². The van der Waals surface area contributed by atoms with Crippen molar-refractivity contribution in [1.29, 1.82) is 5.26 Å². The summed E-state index contributed by atoms with van der Waals surface area (Å²) in [6.07, 6.45) is 4.06. The predicted octanol–water partition coefficient (Wildman–Crippen LogP) is 2.22. The average Bonchev–Trinajstić information content (AvgIpc) is 3.24. The number of aromatic nitrogens is 4. The van der Waals surface area contributed by atoms with E-state index in [1.165, 1.54) is 0 Å². The van der Waals surface area contributed by atoms with Crippen molar-refractivity contribution in [3.63, 3.8) is 0 Å². The maximum Gasteiger partial charge on any atom is 0.229 e. The zero-order chi connectivity index (χ0) is 18.4. The molecule has 0 aliphatic carbocycles. The minimum absolute atomic E-state index is 0.396. The third-order valence-corrected chi connectivity index (χ3v) is 5.55. The van der Waals surface area contributed by atoms with Crippen LogP contribution in [0.3, 0.4) is 0 Å². The monoisotopic (exact) mass is 360 g/mol. The minimum atomic E-state index is 0.396. The number of fused-ring (bicyclic) bond motifs is 3. The van der Waals surface area contributed by atoms with Crippen LogP contribution in [0.5, 0.6) is 0 Å². The van der Waals surface area contributed by atoms with E-state index in [0.29, 0.717) is 29.5 Å². The van der Waals surface area contributed by atoms with Gasteiger partial charge in [-0.2, -0.15) is 15.3 Å². The molecule has 0 amide bonds.